The molecule has 0 aliphatic carbocycles. The van der Waals surface area contributed by atoms with E-state index in [0.29, 0.717) is 6.54 Å². The van der Waals surface area contributed by atoms with Crippen LogP contribution in [0.1, 0.15) is 18.8 Å². The second kappa shape index (κ2) is 3.37. The van der Waals surface area contributed by atoms with E-state index in [1.807, 2.05) is 24.7 Å². The van der Waals surface area contributed by atoms with E-state index in [1.54, 1.807) is 0 Å². The van der Waals surface area contributed by atoms with Gasteiger partial charge in [0.15, 0.2) is 0 Å². The highest BCUT2D eigenvalue weighted by molar-refractivity contribution is 5.07. The fraction of sp³-hybridized carbons (Fsp3) is 0.571. The maximum absolute atomic E-state index is 5.36. The molecule has 0 amide bonds. The van der Waals surface area contributed by atoms with Gasteiger partial charge in [-0.2, -0.15) is 5.10 Å². The molecule has 3 nitrogen and oxygen atoms in total. The summed E-state index contributed by atoms with van der Waals surface area (Å²) >= 11 is 0. The molecule has 1 rings (SSSR count). The first-order valence-corrected chi connectivity index (χ1v) is 2.93. The molecular weight excluding hydrogens is 126 g/mol. The second-order valence-corrected chi connectivity index (χ2v) is 2.10. The summed E-state index contributed by atoms with van der Waals surface area (Å²) in [7, 11) is 1.91. The van der Waals surface area contributed by atoms with Crippen molar-refractivity contribution in [3.63, 3.8) is 0 Å². The molecule has 3 heteroatoms. The molecule has 1 aromatic heterocycles. The van der Waals surface area contributed by atoms with E-state index in [9.17, 15) is 0 Å². The van der Waals surface area contributed by atoms with Gasteiger partial charge in [-0.15, -0.1) is 0 Å². The molecule has 0 saturated carbocycles. The van der Waals surface area contributed by atoms with E-state index in [0.717, 1.165) is 11.4 Å². The van der Waals surface area contributed by atoms with Crippen LogP contribution in [0.5, 0.6) is 0 Å². The molecule has 0 aromatic carbocycles. The van der Waals surface area contributed by atoms with Crippen molar-refractivity contribution in [2.24, 2.45) is 12.8 Å². The van der Waals surface area contributed by atoms with Crippen molar-refractivity contribution < 1.29 is 0 Å². The van der Waals surface area contributed by atoms with Crippen LogP contribution < -0.4 is 5.73 Å². The molecule has 0 bridgehead atoms. The van der Waals surface area contributed by atoms with E-state index < -0.39 is 0 Å². The molecule has 10 heavy (non-hydrogen) atoms. The van der Waals surface area contributed by atoms with E-state index >= 15 is 0 Å². The molecule has 0 radical (unpaired) electrons. The molecule has 1 heterocycles. The molecule has 0 atom stereocenters. The summed E-state index contributed by atoms with van der Waals surface area (Å²) in [5.41, 5.74) is 7.46. The molecule has 0 aliphatic heterocycles. The summed E-state index contributed by atoms with van der Waals surface area (Å²) < 4.78 is 1.82. The molecule has 0 aliphatic rings. The van der Waals surface area contributed by atoms with Crippen LogP contribution in [0.2, 0.25) is 0 Å². The van der Waals surface area contributed by atoms with Gasteiger partial charge in [0, 0.05) is 19.3 Å². The highest BCUT2D eigenvalue weighted by Crippen LogP contribution is 1.98. The maximum atomic E-state index is 5.36. The summed E-state index contributed by atoms with van der Waals surface area (Å²) in [5.74, 6) is 0. The first-order valence-electron chi connectivity index (χ1n) is 2.93. The van der Waals surface area contributed by atoms with Gasteiger partial charge in [0.2, 0.25) is 0 Å². The van der Waals surface area contributed by atoms with Crippen LogP contribution >= 0.6 is 0 Å². The zero-order valence-corrected chi connectivity index (χ0v) is 5.76. The number of hydrogen-bond acceptors (Lipinski definition) is 2. The maximum Gasteiger partial charge on any atom is 0.0762 e. The third-order valence-corrected chi connectivity index (χ3v) is 1.37. The third-order valence-electron chi connectivity index (χ3n) is 1.37. The normalized spacial score (nSPS) is 9.10. The zero-order valence-electron chi connectivity index (χ0n) is 5.76. The number of nitrogens with zero attached hydrogens (tertiary/aromatic N) is 2. The Morgan fingerprint density at radius 2 is 2.30 bits per heavy atom. The molecular formula is C7H15N3. The highest BCUT2D eigenvalue weighted by atomic mass is 15.3. The van der Waals surface area contributed by atoms with Gasteiger partial charge in [-0.1, -0.05) is 7.43 Å². The summed E-state index contributed by atoms with van der Waals surface area (Å²) in [6, 6.07) is 1.99. The summed E-state index contributed by atoms with van der Waals surface area (Å²) in [6.07, 6.45) is 0. The molecule has 0 saturated heterocycles. The minimum atomic E-state index is 0. The van der Waals surface area contributed by atoms with E-state index in [2.05, 4.69) is 5.10 Å². The van der Waals surface area contributed by atoms with Gasteiger partial charge < -0.3 is 5.73 Å². The fourth-order valence-corrected chi connectivity index (χ4v) is 0.735. The molecule has 0 fully saturated rings. The van der Waals surface area contributed by atoms with E-state index in [1.165, 1.54) is 0 Å². The number of nitrogens with two attached hydrogens (primary N) is 1. The standard InChI is InChI=1S/C6H11N3.CH4/c1-5-3-6(4-7)8-9(5)2;/h3H,4,7H2,1-2H3;1H4. The van der Waals surface area contributed by atoms with Gasteiger partial charge in [0.1, 0.15) is 0 Å². The Balaban J connectivity index is 0.000000810. The predicted octanol–water partition coefficient (Wildman–Crippen LogP) is 0.823. The summed E-state index contributed by atoms with van der Waals surface area (Å²) in [6.45, 7) is 2.54. The quantitative estimate of drug-likeness (QED) is 0.629. The molecule has 0 spiro atoms. The Kier molecular flexibility index (Phi) is 3.09. The minimum Gasteiger partial charge on any atom is -0.325 e. The van der Waals surface area contributed by atoms with Crippen molar-refractivity contribution in [2.75, 3.05) is 0 Å². The van der Waals surface area contributed by atoms with Crippen LogP contribution in [-0.4, -0.2) is 9.78 Å². The molecule has 0 unspecified atom stereocenters. The lowest BCUT2D eigenvalue weighted by molar-refractivity contribution is 0.721. The Bertz CT molecular complexity index is 183. The molecule has 58 valence electrons. The highest BCUT2D eigenvalue weighted by Gasteiger charge is 1.95. The lowest BCUT2D eigenvalue weighted by atomic mass is 10.4. The Morgan fingerprint density at radius 3 is 2.50 bits per heavy atom. The Hall–Kier alpha value is -0.830. The lowest BCUT2D eigenvalue weighted by Crippen LogP contribution is -1.98. The van der Waals surface area contributed by atoms with Gasteiger partial charge in [0.25, 0.3) is 0 Å². The molecule has 1 aromatic rings. The summed E-state index contributed by atoms with van der Waals surface area (Å²) in [5, 5.41) is 4.12. The van der Waals surface area contributed by atoms with Crippen LogP contribution in [0, 0.1) is 6.92 Å². The van der Waals surface area contributed by atoms with Crippen molar-refractivity contribution in [1.29, 1.82) is 0 Å². The van der Waals surface area contributed by atoms with Crippen molar-refractivity contribution in [3.8, 4) is 0 Å². The first-order chi connectivity index (χ1) is 4.24. The smallest absolute Gasteiger partial charge is 0.0762 e. The van der Waals surface area contributed by atoms with Gasteiger partial charge in [0.05, 0.1) is 5.69 Å². The largest absolute Gasteiger partial charge is 0.325 e. The number of aromatic nitrogens is 2. The molecule has 2 N–H and O–H groups in total. The van der Waals surface area contributed by atoms with Crippen LogP contribution in [-0.2, 0) is 13.6 Å². The van der Waals surface area contributed by atoms with Crippen LogP contribution in [0.3, 0.4) is 0 Å². The number of hydrogen-bond donors (Lipinski definition) is 1. The topological polar surface area (TPSA) is 43.8 Å². The van der Waals surface area contributed by atoms with Crippen molar-refractivity contribution >= 4 is 0 Å². The average Bonchev–Trinajstić information content (AvgIpc) is 2.13. The second-order valence-electron chi connectivity index (χ2n) is 2.10. The fourth-order valence-electron chi connectivity index (χ4n) is 0.735. The number of aryl methyl sites for hydroxylation is 2. The minimum absolute atomic E-state index is 0. The monoisotopic (exact) mass is 141 g/mol. The van der Waals surface area contributed by atoms with Crippen LogP contribution in [0.15, 0.2) is 6.07 Å². The predicted molar refractivity (Wildman–Crippen MR) is 42.6 cm³/mol. The van der Waals surface area contributed by atoms with Gasteiger partial charge in [-0.25, -0.2) is 0 Å². The van der Waals surface area contributed by atoms with Crippen molar-refractivity contribution in [2.45, 2.75) is 20.9 Å². The number of rotatable bonds is 1. The summed E-state index contributed by atoms with van der Waals surface area (Å²) in [4.78, 5) is 0. The van der Waals surface area contributed by atoms with E-state index in [4.69, 9.17) is 5.73 Å². The van der Waals surface area contributed by atoms with Gasteiger partial charge >= 0.3 is 0 Å². The Morgan fingerprint density at radius 1 is 1.70 bits per heavy atom. The van der Waals surface area contributed by atoms with Crippen molar-refractivity contribution in [1.82, 2.24) is 9.78 Å². The SMILES string of the molecule is C.Cc1cc(CN)nn1C. The first kappa shape index (κ1) is 9.17. The van der Waals surface area contributed by atoms with Crippen molar-refractivity contribution in [3.05, 3.63) is 17.5 Å². The van der Waals surface area contributed by atoms with Crippen LogP contribution in [0.4, 0.5) is 0 Å². The third kappa shape index (κ3) is 1.57. The zero-order chi connectivity index (χ0) is 6.85. The Labute approximate surface area is 61.8 Å². The average molecular weight is 141 g/mol. The van der Waals surface area contributed by atoms with Gasteiger partial charge in [-0.3, -0.25) is 4.68 Å². The van der Waals surface area contributed by atoms with E-state index in [-0.39, 0.29) is 7.43 Å². The van der Waals surface area contributed by atoms with Gasteiger partial charge in [-0.05, 0) is 13.0 Å². The van der Waals surface area contributed by atoms with Crippen LogP contribution in [0.25, 0.3) is 0 Å². The lowest BCUT2D eigenvalue weighted by Gasteiger charge is -1.88.